The first-order chi connectivity index (χ1) is 9.96. The van der Waals surface area contributed by atoms with Gasteiger partial charge in [-0.05, 0) is 74.2 Å². The third-order valence-electron chi connectivity index (χ3n) is 7.25. The Bertz CT molecular complexity index is 525. The van der Waals surface area contributed by atoms with Crippen LogP contribution in [0.2, 0.25) is 0 Å². The summed E-state index contributed by atoms with van der Waals surface area (Å²) in [5, 5.41) is 0. The van der Waals surface area contributed by atoms with E-state index in [4.69, 9.17) is 4.74 Å². The molecular weight excluding hydrogens is 267 g/mol. The third kappa shape index (κ3) is 1.76. The lowest BCUT2D eigenvalue weighted by molar-refractivity contribution is -0.122. The number of Topliss-reactive ketones (excluding diaryl/α,β-unsaturated/α-hetero) is 1. The molecule has 21 heavy (non-hydrogen) atoms. The summed E-state index contributed by atoms with van der Waals surface area (Å²) in [6.45, 7) is 5.39. The van der Waals surface area contributed by atoms with Crippen LogP contribution in [-0.4, -0.2) is 18.0 Å². The Hall–Kier alpha value is -0.700. The van der Waals surface area contributed by atoms with Gasteiger partial charge in [0.2, 0.25) is 0 Å². The summed E-state index contributed by atoms with van der Waals surface area (Å²) in [7, 11) is 0. The van der Waals surface area contributed by atoms with E-state index in [1.165, 1.54) is 0 Å². The molecule has 0 N–H and O–H groups in total. The predicted octanol–water partition coefficient (Wildman–Crippen LogP) is 4.19. The summed E-state index contributed by atoms with van der Waals surface area (Å²) in [4.78, 5) is 11.7. The Morgan fingerprint density at radius 1 is 1.10 bits per heavy atom. The maximum Gasteiger partial charge on any atom is 0.191 e. The molecular formula is C18H25FO2. The van der Waals surface area contributed by atoms with E-state index in [1.807, 2.05) is 0 Å². The summed E-state index contributed by atoms with van der Waals surface area (Å²) < 4.78 is 20.4. The largest absolute Gasteiger partial charge is 0.375 e. The Kier molecular flexibility index (Phi) is 2.92. The van der Waals surface area contributed by atoms with Crippen molar-refractivity contribution in [2.75, 3.05) is 6.61 Å². The standard InChI is InChI=1S/C18H25FO2/c1-17-8-6-15(20)16(19)14(17)4-3-11-12(17)5-9-18(2)13(11)7-10-21-18/h11-13H,3-10H2,1-2H3/t11-,12-,13+,17-,18+/m1/s1. The number of rotatable bonds is 0. The molecule has 0 aromatic carbocycles. The lowest BCUT2D eigenvalue weighted by atomic mass is 9.49. The zero-order chi connectivity index (χ0) is 14.8. The van der Waals surface area contributed by atoms with Crippen molar-refractivity contribution in [1.82, 2.24) is 0 Å². The molecule has 3 fully saturated rings. The van der Waals surface area contributed by atoms with Crippen LogP contribution in [0.25, 0.3) is 0 Å². The van der Waals surface area contributed by atoms with Crippen LogP contribution in [0.4, 0.5) is 4.39 Å². The van der Waals surface area contributed by atoms with Crippen molar-refractivity contribution < 1.29 is 13.9 Å². The van der Waals surface area contributed by atoms with Gasteiger partial charge in [0.15, 0.2) is 11.6 Å². The Balaban J connectivity index is 1.72. The SMILES string of the molecule is C[C@]12CCC(=O)C(F)=C1CC[C@@H]1[C@H]2CC[C@]2(C)OCC[C@@H]12. The van der Waals surface area contributed by atoms with Crippen LogP contribution < -0.4 is 0 Å². The molecule has 4 aliphatic rings. The second kappa shape index (κ2) is 4.41. The molecule has 0 aromatic rings. The minimum absolute atomic E-state index is 0.0573. The molecule has 0 spiro atoms. The zero-order valence-corrected chi connectivity index (χ0v) is 13.1. The fourth-order valence-corrected chi connectivity index (χ4v) is 6.05. The minimum Gasteiger partial charge on any atom is -0.375 e. The van der Waals surface area contributed by atoms with Crippen LogP contribution in [0.15, 0.2) is 11.4 Å². The summed E-state index contributed by atoms with van der Waals surface area (Å²) in [5.74, 6) is 1.18. The molecule has 2 saturated carbocycles. The third-order valence-corrected chi connectivity index (χ3v) is 7.25. The number of ketones is 1. The number of carbonyl (C=O) groups is 1. The van der Waals surface area contributed by atoms with Crippen molar-refractivity contribution in [2.24, 2.45) is 23.2 Å². The van der Waals surface area contributed by atoms with Gasteiger partial charge in [-0.25, -0.2) is 4.39 Å². The second-order valence-corrected chi connectivity index (χ2v) is 8.04. The van der Waals surface area contributed by atoms with E-state index in [0.29, 0.717) is 24.2 Å². The lowest BCUT2D eigenvalue weighted by Gasteiger charge is -2.56. The molecule has 3 heteroatoms. The quantitative estimate of drug-likeness (QED) is 0.669. The van der Waals surface area contributed by atoms with Crippen molar-refractivity contribution in [1.29, 1.82) is 0 Å². The zero-order valence-electron chi connectivity index (χ0n) is 13.1. The summed E-state index contributed by atoms with van der Waals surface area (Å²) >= 11 is 0. The molecule has 0 aromatic heterocycles. The number of halogens is 1. The number of ether oxygens (including phenoxy) is 1. The highest BCUT2D eigenvalue weighted by molar-refractivity contribution is 5.95. The van der Waals surface area contributed by atoms with Crippen LogP contribution in [0, 0.1) is 23.2 Å². The van der Waals surface area contributed by atoms with Gasteiger partial charge in [0.1, 0.15) is 0 Å². The Morgan fingerprint density at radius 2 is 1.90 bits per heavy atom. The number of hydrogen-bond acceptors (Lipinski definition) is 2. The van der Waals surface area contributed by atoms with Gasteiger partial charge in [-0.3, -0.25) is 4.79 Å². The minimum atomic E-state index is -0.391. The number of allylic oxidation sites excluding steroid dienone is 2. The average Bonchev–Trinajstić information content (AvgIpc) is 2.85. The van der Waals surface area contributed by atoms with E-state index in [1.54, 1.807) is 0 Å². The normalized spacial score (nSPS) is 49.7. The van der Waals surface area contributed by atoms with E-state index in [0.717, 1.165) is 50.7 Å². The first-order valence-corrected chi connectivity index (χ1v) is 8.52. The maximum atomic E-state index is 14.4. The summed E-state index contributed by atoms with van der Waals surface area (Å²) in [6, 6.07) is 0. The summed E-state index contributed by atoms with van der Waals surface area (Å²) in [6.07, 6.45) is 6.44. The van der Waals surface area contributed by atoms with Crippen LogP contribution in [0.1, 0.15) is 58.8 Å². The van der Waals surface area contributed by atoms with Crippen LogP contribution in [0.3, 0.4) is 0 Å². The van der Waals surface area contributed by atoms with Crippen LogP contribution in [0.5, 0.6) is 0 Å². The van der Waals surface area contributed by atoms with Crippen molar-refractivity contribution in [3.8, 4) is 0 Å². The van der Waals surface area contributed by atoms with Gasteiger partial charge in [0, 0.05) is 13.0 Å². The molecule has 4 rings (SSSR count). The van der Waals surface area contributed by atoms with Gasteiger partial charge in [-0.2, -0.15) is 0 Å². The molecule has 0 amide bonds. The molecule has 116 valence electrons. The highest BCUT2D eigenvalue weighted by Gasteiger charge is 2.58. The summed E-state index contributed by atoms with van der Waals surface area (Å²) in [5.41, 5.74) is 0.828. The van der Waals surface area contributed by atoms with Crippen molar-refractivity contribution in [3.05, 3.63) is 11.4 Å². The van der Waals surface area contributed by atoms with Crippen LogP contribution in [-0.2, 0) is 9.53 Å². The molecule has 5 atom stereocenters. The highest BCUT2D eigenvalue weighted by atomic mass is 19.1. The van der Waals surface area contributed by atoms with E-state index in [9.17, 15) is 9.18 Å². The molecule has 1 saturated heterocycles. The smallest absolute Gasteiger partial charge is 0.191 e. The molecule has 0 unspecified atom stereocenters. The molecule has 0 radical (unpaired) electrons. The van der Waals surface area contributed by atoms with Crippen molar-refractivity contribution >= 4 is 5.78 Å². The first kappa shape index (κ1) is 13.9. The first-order valence-electron chi connectivity index (χ1n) is 8.52. The van der Waals surface area contributed by atoms with Gasteiger partial charge in [-0.1, -0.05) is 6.92 Å². The number of carbonyl (C=O) groups excluding carboxylic acids is 1. The van der Waals surface area contributed by atoms with Gasteiger partial charge in [-0.15, -0.1) is 0 Å². The molecule has 1 heterocycles. The molecule has 3 aliphatic carbocycles. The highest BCUT2D eigenvalue weighted by Crippen LogP contribution is 2.62. The maximum absolute atomic E-state index is 14.4. The fourth-order valence-electron chi connectivity index (χ4n) is 6.05. The van der Waals surface area contributed by atoms with E-state index < -0.39 is 5.83 Å². The average molecular weight is 292 g/mol. The molecule has 0 bridgehead atoms. The van der Waals surface area contributed by atoms with Gasteiger partial charge < -0.3 is 4.74 Å². The van der Waals surface area contributed by atoms with Crippen molar-refractivity contribution in [2.45, 2.75) is 64.4 Å². The van der Waals surface area contributed by atoms with Gasteiger partial charge in [0.25, 0.3) is 0 Å². The van der Waals surface area contributed by atoms with E-state index >= 15 is 0 Å². The topological polar surface area (TPSA) is 26.3 Å². The monoisotopic (exact) mass is 292 g/mol. The van der Waals surface area contributed by atoms with Crippen molar-refractivity contribution in [3.63, 3.8) is 0 Å². The number of hydrogen-bond donors (Lipinski definition) is 0. The van der Waals surface area contributed by atoms with E-state index in [-0.39, 0.29) is 16.8 Å². The predicted molar refractivity (Wildman–Crippen MR) is 78.4 cm³/mol. The van der Waals surface area contributed by atoms with Crippen LogP contribution >= 0.6 is 0 Å². The lowest BCUT2D eigenvalue weighted by Crippen LogP contribution is -2.52. The Labute approximate surface area is 126 Å². The van der Waals surface area contributed by atoms with Gasteiger partial charge in [0.05, 0.1) is 5.60 Å². The Morgan fingerprint density at radius 3 is 2.71 bits per heavy atom. The second-order valence-electron chi connectivity index (χ2n) is 8.04. The van der Waals surface area contributed by atoms with Gasteiger partial charge >= 0.3 is 0 Å². The molecule has 2 nitrogen and oxygen atoms in total. The van der Waals surface area contributed by atoms with E-state index in [2.05, 4.69) is 13.8 Å². The molecule has 1 aliphatic heterocycles. The number of fused-ring (bicyclic) bond motifs is 5. The fraction of sp³-hybridized carbons (Fsp3) is 0.833.